The van der Waals surface area contributed by atoms with Gasteiger partial charge < -0.3 is 29.7 Å². The summed E-state index contributed by atoms with van der Waals surface area (Å²) in [7, 11) is -5.01. The molecule has 18 heteroatoms. The smallest absolute Gasteiger partial charge is 0.394 e. The fourth-order valence-corrected chi connectivity index (χ4v) is 7.26. The molecule has 17 nitrogen and oxygen atoms in total. The fraction of sp³-hybridized carbons (Fsp3) is 0.652. The number of fused-ring (bicyclic) bond motifs is 2. The molecular weight excluding hydrogens is 571 g/mol. The van der Waals surface area contributed by atoms with E-state index in [2.05, 4.69) is 9.97 Å². The summed E-state index contributed by atoms with van der Waals surface area (Å²) in [6.45, 7) is 3.03. The van der Waals surface area contributed by atoms with Gasteiger partial charge in [-0.1, -0.05) is 6.92 Å². The van der Waals surface area contributed by atoms with Crippen LogP contribution in [0, 0.1) is 25.7 Å². The van der Waals surface area contributed by atoms with E-state index in [1.165, 1.54) is 26.2 Å². The minimum absolute atomic E-state index is 0.172. The predicted octanol–water partition coefficient (Wildman–Crippen LogP) is -2.26. The highest BCUT2D eigenvalue weighted by Gasteiger charge is 2.70. The van der Waals surface area contributed by atoms with Gasteiger partial charge >= 0.3 is 19.2 Å². The number of nitrogens with one attached hydrogen (secondary N) is 2. The summed E-state index contributed by atoms with van der Waals surface area (Å²) < 4.78 is 37.7. The standard InChI is InChI=1S/C23H31N4O13P/c1-9-5-26(21(33)24-18(9)31)14-4-12(13(7-28)37-14)39-41(35,36)40-17-11(3)15-16(30)23(17,8-29)38-20(15)27-6-10(2)19(32)25-22(27)34/h5-6,11-17,20,28-30H,4,7-8H2,1-3H3,(H,35,36)(H,24,31,33)(H,25,32,34)/t11-,12-,13+,14+,15+,16-,17+,20+,23+/m0/s1. The maximum absolute atomic E-state index is 13.2. The summed E-state index contributed by atoms with van der Waals surface area (Å²) >= 11 is 0. The number of aryl methyl sites for hydroxylation is 2. The van der Waals surface area contributed by atoms with Gasteiger partial charge in [-0.15, -0.1) is 0 Å². The van der Waals surface area contributed by atoms with Crippen LogP contribution in [0.4, 0.5) is 0 Å². The molecule has 3 aliphatic rings. The van der Waals surface area contributed by atoms with E-state index >= 15 is 0 Å². The van der Waals surface area contributed by atoms with Gasteiger partial charge in [-0.3, -0.25) is 37.7 Å². The van der Waals surface area contributed by atoms with Crippen molar-refractivity contribution in [1.82, 2.24) is 19.1 Å². The highest BCUT2D eigenvalue weighted by molar-refractivity contribution is 7.47. The first-order valence-electron chi connectivity index (χ1n) is 12.8. The molecule has 10 atom stereocenters. The topological polar surface area (TPSA) is 245 Å². The van der Waals surface area contributed by atoms with Gasteiger partial charge in [-0.25, -0.2) is 14.2 Å². The molecule has 5 rings (SSSR count). The number of hydrogen-bond acceptors (Lipinski definition) is 12. The van der Waals surface area contributed by atoms with Gasteiger partial charge in [0.25, 0.3) is 11.1 Å². The van der Waals surface area contributed by atoms with Crippen LogP contribution in [-0.4, -0.2) is 82.5 Å². The maximum atomic E-state index is 13.2. The molecule has 1 saturated carbocycles. The molecule has 0 amide bonds. The molecule has 226 valence electrons. The van der Waals surface area contributed by atoms with Crippen LogP contribution in [0.5, 0.6) is 0 Å². The maximum Gasteiger partial charge on any atom is 0.472 e. The van der Waals surface area contributed by atoms with Crippen molar-refractivity contribution >= 4 is 7.82 Å². The number of aromatic nitrogens is 4. The monoisotopic (exact) mass is 602 g/mol. The number of aliphatic hydroxyl groups is 3. The average molecular weight is 602 g/mol. The van der Waals surface area contributed by atoms with Crippen LogP contribution in [0.25, 0.3) is 0 Å². The summed E-state index contributed by atoms with van der Waals surface area (Å²) in [5.74, 6) is -1.65. The Morgan fingerprint density at radius 2 is 1.63 bits per heavy atom. The molecule has 0 spiro atoms. The van der Waals surface area contributed by atoms with E-state index < -0.39 is 97.8 Å². The lowest BCUT2D eigenvalue weighted by atomic mass is 9.92. The van der Waals surface area contributed by atoms with Crippen molar-refractivity contribution in [3.63, 3.8) is 0 Å². The zero-order valence-electron chi connectivity index (χ0n) is 22.2. The summed E-state index contributed by atoms with van der Waals surface area (Å²) in [6, 6.07) is 0. The van der Waals surface area contributed by atoms with E-state index in [0.717, 1.165) is 9.13 Å². The summed E-state index contributed by atoms with van der Waals surface area (Å²) in [5, 5.41) is 31.2. The number of nitrogens with zero attached hydrogens (tertiary/aromatic N) is 2. The molecule has 2 aromatic heterocycles. The van der Waals surface area contributed by atoms with Crippen molar-refractivity contribution in [3.05, 3.63) is 65.2 Å². The molecule has 3 fully saturated rings. The van der Waals surface area contributed by atoms with Crippen molar-refractivity contribution < 1.29 is 43.3 Å². The van der Waals surface area contributed by atoms with E-state index in [-0.39, 0.29) is 17.5 Å². The molecule has 4 heterocycles. The van der Waals surface area contributed by atoms with Crippen LogP contribution < -0.4 is 22.5 Å². The van der Waals surface area contributed by atoms with Crippen LogP contribution in [-0.2, 0) is 23.1 Å². The van der Waals surface area contributed by atoms with Crippen molar-refractivity contribution in [2.75, 3.05) is 13.2 Å². The van der Waals surface area contributed by atoms with Crippen molar-refractivity contribution in [2.45, 2.75) is 69.7 Å². The number of aliphatic hydroxyl groups excluding tert-OH is 3. The normalized spacial score (nSPS) is 36.1. The molecule has 41 heavy (non-hydrogen) atoms. The highest BCUT2D eigenvalue weighted by atomic mass is 31.2. The Hall–Kier alpha value is -2.73. The zero-order valence-corrected chi connectivity index (χ0v) is 23.1. The number of hydrogen-bond donors (Lipinski definition) is 6. The molecule has 0 aromatic carbocycles. The van der Waals surface area contributed by atoms with Gasteiger partial charge in [0.15, 0.2) is 0 Å². The van der Waals surface area contributed by atoms with Gasteiger partial charge in [0.05, 0.1) is 19.3 Å². The third-order valence-electron chi connectivity index (χ3n) is 8.10. The highest BCUT2D eigenvalue weighted by Crippen LogP contribution is 2.61. The predicted molar refractivity (Wildman–Crippen MR) is 136 cm³/mol. The number of H-pyrrole nitrogens is 2. The second-order valence-corrected chi connectivity index (χ2v) is 12.0. The minimum atomic E-state index is -5.01. The Labute approximate surface area is 230 Å². The van der Waals surface area contributed by atoms with Gasteiger partial charge in [-0.05, 0) is 19.8 Å². The largest absolute Gasteiger partial charge is 0.472 e. The third-order valence-corrected chi connectivity index (χ3v) is 9.13. The Morgan fingerprint density at radius 3 is 2.22 bits per heavy atom. The fourth-order valence-electron chi connectivity index (χ4n) is 5.99. The number of phosphoric acid groups is 1. The number of ether oxygens (including phenoxy) is 2. The minimum Gasteiger partial charge on any atom is -0.394 e. The number of rotatable bonds is 8. The van der Waals surface area contributed by atoms with Crippen molar-refractivity contribution in [1.29, 1.82) is 0 Å². The summed E-state index contributed by atoms with van der Waals surface area (Å²) in [5.41, 5.74) is -4.29. The Kier molecular flexibility index (Phi) is 7.63. The lowest BCUT2D eigenvalue weighted by Gasteiger charge is -2.40. The van der Waals surface area contributed by atoms with Crippen molar-refractivity contribution in [3.8, 4) is 0 Å². The quantitative estimate of drug-likeness (QED) is 0.175. The summed E-state index contributed by atoms with van der Waals surface area (Å²) in [4.78, 5) is 63.3. The second kappa shape index (κ2) is 10.5. The van der Waals surface area contributed by atoms with E-state index in [1.54, 1.807) is 6.92 Å². The first-order chi connectivity index (χ1) is 19.2. The van der Waals surface area contributed by atoms with E-state index in [9.17, 15) is 44.0 Å². The number of phosphoric ester groups is 1. The van der Waals surface area contributed by atoms with Crippen LogP contribution in [0.2, 0.25) is 0 Å². The Balaban J connectivity index is 1.36. The van der Waals surface area contributed by atoms with Gasteiger partial charge in [0, 0.05) is 35.9 Å². The van der Waals surface area contributed by atoms with E-state index in [0.29, 0.717) is 0 Å². The number of aromatic amines is 2. The molecule has 2 aliphatic heterocycles. The molecule has 6 N–H and O–H groups in total. The lowest BCUT2D eigenvalue weighted by Crippen LogP contribution is -2.53. The lowest BCUT2D eigenvalue weighted by molar-refractivity contribution is -0.202. The molecule has 2 aromatic rings. The first-order valence-corrected chi connectivity index (χ1v) is 14.3. The first kappa shape index (κ1) is 29.8. The van der Waals surface area contributed by atoms with Crippen LogP contribution in [0.15, 0.2) is 31.6 Å². The van der Waals surface area contributed by atoms with Crippen LogP contribution in [0.1, 0.15) is 36.9 Å². The SMILES string of the molecule is Cc1cn([C@@H]2O[C@@]3(CO)[C@H](OP(=O)(O)O[C@H]4C[C@H](n5cc(C)c(=O)[nH]c5=O)O[C@@H]4CO)[C@@H](C)[C@@H]2[C@@H]3O)c(=O)[nH]c1=O. The zero-order chi connectivity index (χ0) is 30.0. The molecule has 2 bridgehead atoms. The molecular formula is C23H31N4O13P. The summed E-state index contributed by atoms with van der Waals surface area (Å²) in [6.07, 6.45) is -5.03. The molecule has 1 unspecified atom stereocenters. The molecule has 1 aliphatic carbocycles. The van der Waals surface area contributed by atoms with Crippen molar-refractivity contribution in [2.24, 2.45) is 11.8 Å². The van der Waals surface area contributed by atoms with E-state index in [1.807, 2.05) is 0 Å². The average Bonchev–Trinajstić information content (AvgIpc) is 3.49. The third kappa shape index (κ3) is 4.90. The van der Waals surface area contributed by atoms with Gasteiger partial charge in [-0.2, -0.15) is 0 Å². The Morgan fingerprint density at radius 1 is 1.05 bits per heavy atom. The molecule has 2 saturated heterocycles. The van der Waals surface area contributed by atoms with Crippen LogP contribution in [0.3, 0.4) is 0 Å². The second-order valence-electron chi connectivity index (χ2n) is 10.6. The Bertz CT molecular complexity index is 1620. The van der Waals surface area contributed by atoms with Gasteiger partial charge in [0.1, 0.15) is 36.4 Å². The molecule has 0 radical (unpaired) electrons. The van der Waals surface area contributed by atoms with Gasteiger partial charge in [0.2, 0.25) is 0 Å². The van der Waals surface area contributed by atoms with Crippen LogP contribution >= 0.6 is 7.82 Å². The van der Waals surface area contributed by atoms with E-state index in [4.69, 9.17) is 18.5 Å².